The highest BCUT2D eigenvalue weighted by molar-refractivity contribution is 9.11. The van der Waals surface area contributed by atoms with Gasteiger partial charge in [-0.3, -0.25) is 0 Å². The lowest BCUT2D eigenvalue weighted by Crippen LogP contribution is -1.93. The van der Waals surface area contributed by atoms with Gasteiger partial charge in [-0.15, -0.1) is 0 Å². The molecule has 0 aromatic rings. The molecule has 0 aromatic carbocycles. The van der Waals surface area contributed by atoms with Gasteiger partial charge in [-0.05, 0) is 4.99 Å². The molecule has 0 amide bonds. The predicted molar refractivity (Wildman–Crippen MR) is 29.9 cm³/mol. The molecule has 0 aromatic heterocycles. The van der Waals surface area contributed by atoms with E-state index < -0.39 is 5.97 Å². The second-order valence-corrected chi connectivity index (χ2v) is 1.26. The van der Waals surface area contributed by atoms with Gasteiger partial charge in [-0.1, -0.05) is 15.9 Å². The first kappa shape index (κ1) is 6.75. The zero-order valence-electron chi connectivity index (χ0n) is 3.43. The van der Waals surface area contributed by atoms with E-state index in [0.717, 1.165) is 6.08 Å². The molecule has 2 nitrogen and oxygen atoms in total. The SMILES string of the molecule is [B]OC(=O)/C=C/Br. The fourth-order valence-electron chi connectivity index (χ4n) is 0.0907. The number of hydrogen-bond acceptors (Lipinski definition) is 2. The summed E-state index contributed by atoms with van der Waals surface area (Å²) in [5, 5.41) is 0. The summed E-state index contributed by atoms with van der Waals surface area (Å²) in [6.45, 7) is 0. The summed E-state index contributed by atoms with van der Waals surface area (Å²) in [4.78, 5) is 11.3. The normalized spacial score (nSPS) is 9.29. The molecule has 2 radical (unpaired) electrons. The van der Waals surface area contributed by atoms with Crippen LogP contribution < -0.4 is 0 Å². The molecule has 7 heavy (non-hydrogen) atoms. The largest absolute Gasteiger partial charge is 0.540 e. The molecule has 0 atom stereocenters. The molecule has 0 spiro atoms. The molecule has 0 unspecified atom stereocenters. The number of halogens is 1. The van der Waals surface area contributed by atoms with Crippen molar-refractivity contribution in [1.29, 1.82) is 0 Å². The Hall–Kier alpha value is -0.245. The average molecular weight is 161 g/mol. The van der Waals surface area contributed by atoms with Gasteiger partial charge in [0.05, 0.1) is 0 Å². The van der Waals surface area contributed by atoms with Crippen LogP contribution in [0, 0.1) is 0 Å². The molecule has 0 aliphatic rings. The maximum absolute atomic E-state index is 9.95. The highest BCUT2D eigenvalue weighted by atomic mass is 79.9. The molecule has 0 bridgehead atoms. The van der Waals surface area contributed by atoms with Crippen LogP contribution in [0.1, 0.15) is 0 Å². The smallest absolute Gasteiger partial charge is 0.378 e. The third kappa shape index (κ3) is 3.59. The van der Waals surface area contributed by atoms with Crippen molar-refractivity contribution in [2.75, 3.05) is 0 Å². The van der Waals surface area contributed by atoms with Crippen molar-refractivity contribution < 1.29 is 9.45 Å². The summed E-state index contributed by atoms with van der Waals surface area (Å²) in [6.07, 6.45) is 1.15. The Morgan fingerprint density at radius 2 is 2.43 bits per heavy atom. The van der Waals surface area contributed by atoms with Crippen LogP contribution in [0.4, 0.5) is 0 Å². The molecule has 0 aliphatic carbocycles. The minimum absolute atomic E-state index is 0.572. The third-order valence-corrected chi connectivity index (χ3v) is 0.580. The van der Waals surface area contributed by atoms with Crippen LogP contribution >= 0.6 is 15.9 Å². The minimum Gasteiger partial charge on any atom is -0.540 e. The van der Waals surface area contributed by atoms with E-state index in [4.69, 9.17) is 0 Å². The van der Waals surface area contributed by atoms with Gasteiger partial charge in [0.1, 0.15) is 0 Å². The summed E-state index contributed by atoms with van der Waals surface area (Å²) in [6, 6.07) is 0. The number of carbonyl (C=O) groups is 1. The van der Waals surface area contributed by atoms with Gasteiger partial charge < -0.3 is 4.65 Å². The van der Waals surface area contributed by atoms with Crippen LogP contribution in [0.15, 0.2) is 11.1 Å². The third-order valence-electron chi connectivity index (χ3n) is 0.315. The Kier molecular flexibility index (Phi) is 3.79. The van der Waals surface area contributed by atoms with Crippen LogP contribution in [0.3, 0.4) is 0 Å². The molecule has 0 saturated carbocycles. The first-order chi connectivity index (χ1) is 3.31. The fourth-order valence-corrected chi connectivity index (χ4v) is 0.307. The highest BCUT2D eigenvalue weighted by Crippen LogP contribution is 1.82. The second kappa shape index (κ2) is 3.93. The molecule has 4 heteroatoms. The Balaban J connectivity index is 3.37. The van der Waals surface area contributed by atoms with E-state index in [-0.39, 0.29) is 0 Å². The quantitative estimate of drug-likeness (QED) is 0.413. The van der Waals surface area contributed by atoms with Gasteiger partial charge in [0, 0.05) is 6.08 Å². The van der Waals surface area contributed by atoms with Crippen molar-refractivity contribution in [2.45, 2.75) is 0 Å². The zero-order chi connectivity index (χ0) is 5.70. The van der Waals surface area contributed by atoms with Crippen LogP contribution in [-0.2, 0) is 9.45 Å². The van der Waals surface area contributed by atoms with Crippen molar-refractivity contribution in [3.05, 3.63) is 11.1 Å². The van der Waals surface area contributed by atoms with Gasteiger partial charge in [-0.2, -0.15) is 0 Å². The minimum atomic E-state index is -0.572. The van der Waals surface area contributed by atoms with Gasteiger partial charge in [0.15, 0.2) is 0 Å². The summed E-state index contributed by atoms with van der Waals surface area (Å²) in [7, 11) is 4.44. The van der Waals surface area contributed by atoms with Crippen molar-refractivity contribution in [2.24, 2.45) is 0 Å². The number of hydrogen-bond donors (Lipinski definition) is 0. The summed E-state index contributed by atoms with van der Waals surface area (Å²) >= 11 is 2.85. The van der Waals surface area contributed by atoms with E-state index in [1.165, 1.54) is 4.99 Å². The second-order valence-electron chi connectivity index (χ2n) is 0.730. The number of rotatable bonds is 1. The Bertz CT molecular complexity index is 90.9. The lowest BCUT2D eigenvalue weighted by atomic mass is 10.5. The van der Waals surface area contributed by atoms with Crippen molar-refractivity contribution in [3.8, 4) is 0 Å². The van der Waals surface area contributed by atoms with E-state index in [1.807, 2.05) is 0 Å². The van der Waals surface area contributed by atoms with Crippen molar-refractivity contribution >= 4 is 29.9 Å². The molecule has 0 heterocycles. The van der Waals surface area contributed by atoms with Gasteiger partial charge in [0.2, 0.25) is 0 Å². The van der Waals surface area contributed by atoms with Crippen LogP contribution in [0.2, 0.25) is 0 Å². The maximum Gasteiger partial charge on any atom is 0.378 e. The van der Waals surface area contributed by atoms with E-state index >= 15 is 0 Å². The lowest BCUT2D eigenvalue weighted by Gasteiger charge is -1.84. The molecule has 36 valence electrons. The zero-order valence-corrected chi connectivity index (χ0v) is 5.01. The van der Waals surface area contributed by atoms with Gasteiger partial charge in [-0.25, -0.2) is 4.79 Å². The molecule has 0 fully saturated rings. The van der Waals surface area contributed by atoms with Gasteiger partial charge >= 0.3 is 14.0 Å². The molecule has 0 saturated heterocycles. The fraction of sp³-hybridized carbons (Fsp3) is 0. The standard InChI is InChI=1S/C3H2BBrO2/c4-7-3(6)1-2-5/h1-2H/b2-1+. The topological polar surface area (TPSA) is 26.3 Å². The first-order valence-corrected chi connectivity index (χ1v) is 2.40. The van der Waals surface area contributed by atoms with Crippen molar-refractivity contribution in [1.82, 2.24) is 0 Å². The van der Waals surface area contributed by atoms with Gasteiger partial charge in [0.25, 0.3) is 0 Å². The van der Waals surface area contributed by atoms with E-state index in [1.54, 1.807) is 0 Å². The van der Waals surface area contributed by atoms with E-state index in [0.29, 0.717) is 0 Å². The highest BCUT2D eigenvalue weighted by Gasteiger charge is 1.84. The molecule has 0 N–H and O–H groups in total. The van der Waals surface area contributed by atoms with E-state index in [9.17, 15) is 4.79 Å². The first-order valence-electron chi connectivity index (χ1n) is 1.48. The Morgan fingerprint density at radius 1 is 1.86 bits per heavy atom. The monoisotopic (exact) mass is 160 g/mol. The van der Waals surface area contributed by atoms with Crippen LogP contribution in [-0.4, -0.2) is 14.0 Å². The predicted octanol–water partition coefficient (Wildman–Crippen LogP) is 0.522. The lowest BCUT2D eigenvalue weighted by molar-refractivity contribution is -0.128. The number of carbonyl (C=O) groups excluding carboxylic acids is 1. The molecular weight excluding hydrogens is 159 g/mol. The molecule has 0 rings (SSSR count). The maximum atomic E-state index is 9.95. The summed E-state index contributed by atoms with van der Waals surface area (Å²) in [5.74, 6) is -0.572. The van der Waals surface area contributed by atoms with E-state index in [2.05, 4.69) is 28.6 Å². The summed E-state index contributed by atoms with van der Waals surface area (Å²) in [5.41, 5.74) is 0. The molecular formula is C3H2BBrO2. The van der Waals surface area contributed by atoms with Crippen LogP contribution in [0.25, 0.3) is 0 Å². The summed E-state index contributed by atoms with van der Waals surface area (Å²) < 4.78 is 3.73. The Labute approximate surface area is 51.1 Å². The average Bonchev–Trinajstić information content (AvgIpc) is 1.68. The molecule has 0 aliphatic heterocycles. The van der Waals surface area contributed by atoms with Crippen molar-refractivity contribution in [3.63, 3.8) is 0 Å². The van der Waals surface area contributed by atoms with Crippen LogP contribution in [0.5, 0.6) is 0 Å². The Morgan fingerprint density at radius 3 is 2.57 bits per heavy atom.